The van der Waals surface area contributed by atoms with E-state index in [1.165, 1.54) is 6.92 Å². The molecule has 9 heteroatoms. The zero-order chi connectivity index (χ0) is 17.1. The average Bonchev–Trinajstić information content (AvgIpc) is 2.36. The number of nitrogens with zero attached hydrogens (tertiary/aromatic N) is 1. The van der Waals surface area contributed by atoms with E-state index in [9.17, 15) is 23.3 Å². The second-order valence-electron chi connectivity index (χ2n) is 5.35. The number of hydrogen-bond donors (Lipinski definition) is 2. The number of carboxylic acid groups (broad SMARTS) is 1. The largest absolute Gasteiger partial charge is 0.480 e. The fourth-order valence-electron chi connectivity index (χ4n) is 1.93. The number of carbonyl (C=O) groups is 1. The molecule has 1 rings (SSSR count). The van der Waals surface area contributed by atoms with Crippen molar-refractivity contribution in [1.29, 1.82) is 0 Å². The molecular weight excluding hydrogens is 312 g/mol. The van der Waals surface area contributed by atoms with Crippen LogP contribution < -0.4 is 4.72 Å². The fraction of sp³-hybridized carbons (Fsp3) is 0.462. The van der Waals surface area contributed by atoms with Crippen molar-refractivity contribution >= 4 is 21.7 Å². The molecule has 8 nitrogen and oxygen atoms in total. The van der Waals surface area contributed by atoms with E-state index in [-0.39, 0.29) is 28.5 Å². The van der Waals surface area contributed by atoms with Crippen LogP contribution in [0.5, 0.6) is 0 Å². The predicted octanol–water partition coefficient (Wildman–Crippen LogP) is 1.68. The summed E-state index contributed by atoms with van der Waals surface area (Å²) in [4.78, 5) is 21.1. The summed E-state index contributed by atoms with van der Waals surface area (Å²) in [6.07, 6.45) is 0.139. The molecule has 1 aromatic carbocycles. The van der Waals surface area contributed by atoms with Crippen LogP contribution in [0, 0.1) is 23.0 Å². The van der Waals surface area contributed by atoms with Crippen LogP contribution in [-0.4, -0.2) is 30.5 Å². The molecule has 122 valence electrons. The number of carboxylic acids is 1. The van der Waals surface area contributed by atoms with Crippen molar-refractivity contribution in [2.45, 2.75) is 38.1 Å². The highest BCUT2D eigenvalue weighted by atomic mass is 32.2. The summed E-state index contributed by atoms with van der Waals surface area (Å²) >= 11 is 0. The van der Waals surface area contributed by atoms with Crippen molar-refractivity contribution in [2.75, 3.05) is 0 Å². The second kappa shape index (κ2) is 6.84. The Balaban J connectivity index is 3.10. The van der Waals surface area contributed by atoms with Crippen LogP contribution in [-0.2, 0) is 14.8 Å². The maximum Gasteiger partial charge on any atom is 0.321 e. The molecule has 1 atom stereocenters. The van der Waals surface area contributed by atoms with E-state index >= 15 is 0 Å². The van der Waals surface area contributed by atoms with E-state index in [0.717, 1.165) is 18.2 Å². The molecule has 0 radical (unpaired) electrons. The van der Waals surface area contributed by atoms with Gasteiger partial charge in [0.1, 0.15) is 6.04 Å². The van der Waals surface area contributed by atoms with E-state index in [0.29, 0.717) is 0 Å². The van der Waals surface area contributed by atoms with E-state index in [4.69, 9.17) is 5.11 Å². The quantitative estimate of drug-likeness (QED) is 0.578. The van der Waals surface area contributed by atoms with Crippen molar-refractivity contribution in [3.8, 4) is 0 Å². The van der Waals surface area contributed by atoms with Gasteiger partial charge in [-0.3, -0.25) is 14.9 Å². The number of nitro benzene ring substituents is 1. The first kappa shape index (κ1) is 18.1. The number of benzene rings is 1. The van der Waals surface area contributed by atoms with Crippen LogP contribution in [0.2, 0.25) is 0 Å². The summed E-state index contributed by atoms with van der Waals surface area (Å²) in [6.45, 7) is 4.97. The maximum absolute atomic E-state index is 12.2. The molecule has 0 aromatic heterocycles. The lowest BCUT2D eigenvalue weighted by atomic mass is 10.1. The summed E-state index contributed by atoms with van der Waals surface area (Å²) in [6, 6.07) is 2.07. The molecule has 0 aliphatic heterocycles. The third-order valence-corrected chi connectivity index (χ3v) is 4.45. The monoisotopic (exact) mass is 330 g/mol. The van der Waals surface area contributed by atoms with Crippen LogP contribution in [0.1, 0.15) is 25.8 Å². The van der Waals surface area contributed by atoms with Gasteiger partial charge in [0.2, 0.25) is 10.0 Å². The minimum absolute atomic E-state index is 0.0117. The molecule has 0 aliphatic carbocycles. The lowest BCUT2D eigenvalue weighted by Crippen LogP contribution is -2.41. The van der Waals surface area contributed by atoms with Gasteiger partial charge in [0.25, 0.3) is 5.69 Å². The van der Waals surface area contributed by atoms with Crippen molar-refractivity contribution in [3.05, 3.63) is 33.9 Å². The summed E-state index contributed by atoms with van der Waals surface area (Å²) < 4.78 is 26.6. The number of hydrogen-bond acceptors (Lipinski definition) is 5. The fourth-order valence-corrected chi connectivity index (χ4v) is 3.21. The van der Waals surface area contributed by atoms with E-state index in [2.05, 4.69) is 4.72 Å². The first-order chi connectivity index (χ1) is 10.0. The molecule has 0 saturated heterocycles. The topological polar surface area (TPSA) is 127 Å². The molecule has 22 heavy (non-hydrogen) atoms. The molecule has 1 aromatic rings. The Morgan fingerprint density at radius 1 is 1.41 bits per heavy atom. The number of aryl methyl sites for hydroxylation is 1. The van der Waals surface area contributed by atoms with E-state index < -0.39 is 27.0 Å². The Bertz CT molecular complexity index is 684. The van der Waals surface area contributed by atoms with Gasteiger partial charge < -0.3 is 5.11 Å². The van der Waals surface area contributed by atoms with Gasteiger partial charge in [-0.2, -0.15) is 4.72 Å². The molecule has 0 bridgehead atoms. The second-order valence-corrected chi connectivity index (χ2v) is 7.06. The lowest BCUT2D eigenvalue weighted by molar-refractivity contribution is -0.385. The first-order valence-electron chi connectivity index (χ1n) is 6.54. The minimum atomic E-state index is -4.07. The van der Waals surface area contributed by atoms with Crippen molar-refractivity contribution < 1.29 is 23.2 Å². The summed E-state index contributed by atoms with van der Waals surface area (Å²) in [5.41, 5.74) is -0.0143. The Labute approximate surface area is 128 Å². The number of sulfonamides is 1. The molecule has 0 spiro atoms. The number of nitrogens with one attached hydrogen (secondary N) is 1. The van der Waals surface area contributed by atoms with Crippen molar-refractivity contribution in [2.24, 2.45) is 5.92 Å². The molecule has 0 fully saturated rings. The number of aliphatic carboxylic acids is 1. The van der Waals surface area contributed by atoms with Gasteiger partial charge in [-0.1, -0.05) is 13.8 Å². The molecule has 0 saturated carbocycles. The zero-order valence-electron chi connectivity index (χ0n) is 12.4. The third-order valence-electron chi connectivity index (χ3n) is 2.98. The zero-order valence-corrected chi connectivity index (χ0v) is 13.3. The summed E-state index contributed by atoms with van der Waals surface area (Å²) in [5.74, 6) is -1.28. The van der Waals surface area contributed by atoms with Gasteiger partial charge in [0, 0.05) is 11.6 Å². The predicted molar refractivity (Wildman–Crippen MR) is 79.0 cm³/mol. The van der Waals surface area contributed by atoms with Gasteiger partial charge in [0.15, 0.2) is 0 Å². The van der Waals surface area contributed by atoms with Gasteiger partial charge >= 0.3 is 5.97 Å². The summed E-state index contributed by atoms with van der Waals surface area (Å²) in [5, 5.41) is 19.8. The molecule has 0 unspecified atom stereocenters. The maximum atomic E-state index is 12.2. The molecule has 0 amide bonds. The summed E-state index contributed by atoms with van der Waals surface area (Å²) in [7, 11) is -4.07. The van der Waals surface area contributed by atoms with E-state index in [1.807, 2.05) is 0 Å². The molecule has 0 aliphatic rings. The molecule has 0 heterocycles. The van der Waals surface area contributed by atoms with Crippen LogP contribution in [0.4, 0.5) is 5.69 Å². The van der Waals surface area contributed by atoms with Crippen LogP contribution in [0.15, 0.2) is 23.1 Å². The van der Waals surface area contributed by atoms with Crippen LogP contribution in [0.3, 0.4) is 0 Å². The molecule has 2 N–H and O–H groups in total. The van der Waals surface area contributed by atoms with Gasteiger partial charge in [0.05, 0.1) is 9.82 Å². The minimum Gasteiger partial charge on any atom is -0.480 e. The average molecular weight is 330 g/mol. The Kier molecular flexibility index (Phi) is 5.61. The van der Waals surface area contributed by atoms with Gasteiger partial charge in [-0.15, -0.1) is 0 Å². The lowest BCUT2D eigenvalue weighted by Gasteiger charge is -2.16. The Morgan fingerprint density at radius 2 is 2.00 bits per heavy atom. The highest BCUT2D eigenvalue weighted by Crippen LogP contribution is 2.22. The number of rotatable bonds is 7. The smallest absolute Gasteiger partial charge is 0.321 e. The highest BCUT2D eigenvalue weighted by molar-refractivity contribution is 7.89. The molecular formula is C13H18N2O6S. The number of nitro groups is 1. The van der Waals surface area contributed by atoms with Gasteiger partial charge in [-0.05, 0) is 31.4 Å². The Morgan fingerprint density at radius 3 is 2.41 bits per heavy atom. The van der Waals surface area contributed by atoms with Crippen molar-refractivity contribution in [3.63, 3.8) is 0 Å². The Hall–Kier alpha value is -2.00. The van der Waals surface area contributed by atoms with Crippen LogP contribution >= 0.6 is 0 Å². The normalized spacial score (nSPS) is 13.1. The van der Waals surface area contributed by atoms with Gasteiger partial charge in [-0.25, -0.2) is 8.42 Å². The highest BCUT2D eigenvalue weighted by Gasteiger charge is 2.27. The standard InChI is InChI=1S/C13H18N2O6S/c1-8(2)6-11(13(16)17)14-22(20,21)10-4-5-12(15(18)19)9(3)7-10/h4-5,7-8,11,14H,6H2,1-3H3,(H,16,17)/t11-/m1/s1. The SMILES string of the molecule is Cc1cc(S(=O)(=O)N[C@H](CC(C)C)C(=O)O)ccc1[N+](=O)[O-]. The first-order valence-corrected chi connectivity index (χ1v) is 8.03. The van der Waals surface area contributed by atoms with E-state index in [1.54, 1.807) is 13.8 Å². The van der Waals surface area contributed by atoms with Crippen LogP contribution in [0.25, 0.3) is 0 Å². The van der Waals surface area contributed by atoms with Crippen molar-refractivity contribution in [1.82, 2.24) is 4.72 Å². The third kappa shape index (κ3) is 4.50.